The van der Waals surface area contributed by atoms with E-state index in [4.69, 9.17) is 10.5 Å². The average Bonchev–Trinajstić information content (AvgIpc) is 3.08. The maximum atomic E-state index is 10.2. The summed E-state index contributed by atoms with van der Waals surface area (Å²) in [5, 5.41) is 29.3. The molecule has 3 rings (SSSR count). The number of hydrogen-bond acceptors (Lipinski definition) is 8. The van der Waals surface area contributed by atoms with E-state index in [0.717, 1.165) is 12.0 Å². The second kappa shape index (κ2) is 6.44. The third kappa shape index (κ3) is 2.86. The highest BCUT2D eigenvalue weighted by Gasteiger charge is 2.44. The summed E-state index contributed by atoms with van der Waals surface area (Å²) in [5.41, 5.74) is 7.76. The molecule has 0 saturated carbocycles. The molecule has 1 aliphatic heterocycles. The van der Waals surface area contributed by atoms with Gasteiger partial charge in [-0.1, -0.05) is 5.57 Å². The van der Waals surface area contributed by atoms with Gasteiger partial charge >= 0.3 is 0 Å². The Labute approximate surface area is 138 Å². The summed E-state index contributed by atoms with van der Waals surface area (Å²) in [6, 6.07) is 0. The molecule has 0 amide bonds. The van der Waals surface area contributed by atoms with Crippen molar-refractivity contribution in [3.05, 3.63) is 24.3 Å². The van der Waals surface area contributed by atoms with Crippen molar-refractivity contribution in [1.29, 1.82) is 0 Å². The highest BCUT2D eigenvalue weighted by Crippen LogP contribution is 2.32. The van der Waals surface area contributed by atoms with E-state index >= 15 is 0 Å². The minimum Gasteiger partial charge on any atom is -0.394 e. The predicted molar refractivity (Wildman–Crippen MR) is 85.9 cm³/mol. The standard InChI is InChI=1S/C15H21N5O4/c1-7(2)3-4-9-18-13(16)10-14(19-9)20(6-17-10)15-12(23)11(22)8(5-21)24-15/h6,8,11-12,15,21-23H,1,3-5H2,2H3,(H2,16,18,19)/t8-,11-,12-,15-/m1/s1. The van der Waals surface area contributed by atoms with Gasteiger partial charge in [0.25, 0.3) is 0 Å². The van der Waals surface area contributed by atoms with Crippen LogP contribution in [0.4, 0.5) is 5.82 Å². The fourth-order valence-corrected chi connectivity index (χ4v) is 2.72. The first-order valence-electron chi connectivity index (χ1n) is 7.68. The molecular formula is C15H21N5O4. The molecular weight excluding hydrogens is 314 g/mol. The summed E-state index contributed by atoms with van der Waals surface area (Å²) in [7, 11) is 0. The van der Waals surface area contributed by atoms with Gasteiger partial charge in [-0.2, -0.15) is 0 Å². The summed E-state index contributed by atoms with van der Waals surface area (Å²) in [5.74, 6) is 0.777. The molecule has 9 nitrogen and oxygen atoms in total. The van der Waals surface area contributed by atoms with Gasteiger partial charge in [0, 0.05) is 6.42 Å². The van der Waals surface area contributed by atoms with Crippen molar-refractivity contribution in [1.82, 2.24) is 19.5 Å². The van der Waals surface area contributed by atoms with E-state index in [-0.39, 0.29) is 5.82 Å². The van der Waals surface area contributed by atoms with Gasteiger partial charge in [0.05, 0.1) is 12.9 Å². The predicted octanol–water partition coefficient (Wildman–Crippen LogP) is -0.471. The van der Waals surface area contributed by atoms with Crippen molar-refractivity contribution >= 4 is 17.0 Å². The Balaban J connectivity index is 1.98. The normalized spacial score (nSPS) is 27.0. The lowest BCUT2D eigenvalue weighted by atomic mass is 10.1. The summed E-state index contributed by atoms with van der Waals surface area (Å²) in [6.45, 7) is 5.37. The Kier molecular flexibility index (Phi) is 4.50. The van der Waals surface area contributed by atoms with Crippen LogP contribution >= 0.6 is 0 Å². The highest BCUT2D eigenvalue weighted by atomic mass is 16.6. The van der Waals surface area contributed by atoms with E-state index in [1.54, 1.807) is 0 Å². The number of allylic oxidation sites excluding steroid dienone is 1. The second-order valence-electron chi connectivity index (χ2n) is 6.04. The molecule has 0 spiro atoms. The maximum Gasteiger partial charge on any atom is 0.167 e. The first-order valence-corrected chi connectivity index (χ1v) is 7.68. The van der Waals surface area contributed by atoms with Crippen LogP contribution in [0.5, 0.6) is 0 Å². The lowest BCUT2D eigenvalue weighted by molar-refractivity contribution is -0.0511. The van der Waals surface area contributed by atoms with Gasteiger partial charge in [-0.05, 0) is 13.3 Å². The molecule has 1 aliphatic rings. The molecule has 24 heavy (non-hydrogen) atoms. The van der Waals surface area contributed by atoms with E-state index in [2.05, 4.69) is 21.5 Å². The van der Waals surface area contributed by atoms with Gasteiger partial charge in [0.2, 0.25) is 0 Å². The summed E-state index contributed by atoms with van der Waals surface area (Å²) in [4.78, 5) is 12.9. The van der Waals surface area contributed by atoms with E-state index in [9.17, 15) is 15.3 Å². The third-order valence-electron chi connectivity index (χ3n) is 4.06. The molecule has 1 saturated heterocycles. The Morgan fingerprint density at radius 1 is 1.38 bits per heavy atom. The van der Waals surface area contributed by atoms with Crippen LogP contribution in [0.3, 0.4) is 0 Å². The minimum atomic E-state index is -1.21. The number of aromatic nitrogens is 4. The largest absolute Gasteiger partial charge is 0.394 e. The fourth-order valence-electron chi connectivity index (χ4n) is 2.72. The van der Waals surface area contributed by atoms with Crippen molar-refractivity contribution in [3.8, 4) is 0 Å². The van der Waals surface area contributed by atoms with Gasteiger partial charge in [0.1, 0.15) is 29.7 Å². The lowest BCUT2D eigenvalue weighted by Crippen LogP contribution is -2.33. The van der Waals surface area contributed by atoms with E-state index in [1.807, 2.05) is 6.92 Å². The number of nitrogens with zero attached hydrogens (tertiary/aromatic N) is 4. The van der Waals surface area contributed by atoms with Gasteiger partial charge in [-0.3, -0.25) is 4.57 Å². The summed E-state index contributed by atoms with van der Waals surface area (Å²) < 4.78 is 7.02. The zero-order valence-electron chi connectivity index (χ0n) is 13.3. The smallest absolute Gasteiger partial charge is 0.167 e. The van der Waals surface area contributed by atoms with Crippen LogP contribution in [0, 0.1) is 0 Å². The Bertz CT molecular complexity index is 762. The third-order valence-corrected chi connectivity index (χ3v) is 4.06. The molecule has 4 atom stereocenters. The van der Waals surface area contributed by atoms with Crippen LogP contribution in [0.1, 0.15) is 25.4 Å². The molecule has 0 unspecified atom stereocenters. The van der Waals surface area contributed by atoms with Crippen molar-refractivity contribution in [2.24, 2.45) is 0 Å². The quantitative estimate of drug-likeness (QED) is 0.538. The topological polar surface area (TPSA) is 140 Å². The number of rotatable bonds is 5. The fraction of sp³-hybridized carbons (Fsp3) is 0.533. The average molecular weight is 335 g/mol. The van der Waals surface area contributed by atoms with Crippen LogP contribution < -0.4 is 5.73 Å². The van der Waals surface area contributed by atoms with Gasteiger partial charge < -0.3 is 25.8 Å². The van der Waals surface area contributed by atoms with Crippen LogP contribution in [0.15, 0.2) is 18.5 Å². The number of aliphatic hydroxyl groups excluding tert-OH is 3. The van der Waals surface area contributed by atoms with Crippen molar-refractivity contribution in [2.75, 3.05) is 12.3 Å². The SMILES string of the molecule is C=C(C)CCc1nc(N)c2ncn([C@@H]3O[C@H](CO)[C@@H](O)[C@H]3O)c2n1. The number of anilines is 1. The molecule has 1 fully saturated rings. The van der Waals surface area contributed by atoms with Crippen LogP contribution in [-0.4, -0.2) is 59.8 Å². The van der Waals surface area contributed by atoms with Crippen LogP contribution in [-0.2, 0) is 11.2 Å². The molecule has 130 valence electrons. The molecule has 9 heteroatoms. The molecule has 0 aromatic carbocycles. The number of aliphatic hydroxyl groups is 3. The van der Waals surface area contributed by atoms with Crippen LogP contribution in [0.2, 0.25) is 0 Å². The maximum absolute atomic E-state index is 10.2. The number of fused-ring (bicyclic) bond motifs is 1. The van der Waals surface area contributed by atoms with E-state index in [0.29, 0.717) is 23.4 Å². The van der Waals surface area contributed by atoms with Crippen LogP contribution in [0.25, 0.3) is 11.2 Å². The van der Waals surface area contributed by atoms with Crippen molar-refractivity contribution in [2.45, 2.75) is 44.3 Å². The molecule has 0 radical (unpaired) electrons. The van der Waals surface area contributed by atoms with Gasteiger partial charge in [-0.15, -0.1) is 6.58 Å². The molecule has 2 aromatic rings. The zero-order chi connectivity index (χ0) is 17.4. The first-order chi connectivity index (χ1) is 11.4. The highest BCUT2D eigenvalue weighted by molar-refractivity contribution is 5.81. The van der Waals surface area contributed by atoms with Crippen molar-refractivity contribution < 1.29 is 20.1 Å². The number of aryl methyl sites for hydroxylation is 1. The number of ether oxygens (including phenoxy) is 1. The second-order valence-corrected chi connectivity index (χ2v) is 6.04. The first kappa shape index (κ1) is 16.8. The molecule has 2 aromatic heterocycles. The van der Waals surface area contributed by atoms with Gasteiger partial charge in [0.15, 0.2) is 17.7 Å². The van der Waals surface area contributed by atoms with E-state index in [1.165, 1.54) is 10.9 Å². The summed E-state index contributed by atoms with van der Waals surface area (Å²) in [6.07, 6.45) is -1.45. The minimum absolute atomic E-state index is 0.238. The number of imidazole rings is 1. The molecule has 5 N–H and O–H groups in total. The number of hydrogen-bond donors (Lipinski definition) is 4. The Hall–Kier alpha value is -2.07. The van der Waals surface area contributed by atoms with Crippen molar-refractivity contribution in [3.63, 3.8) is 0 Å². The van der Waals surface area contributed by atoms with Gasteiger partial charge in [-0.25, -0.2) is 15.0 Å². The molecule has 3 heterocycles. The molecule has 0 bridgehead atoms. The summed E-state index contributed by atoms with van der Waals surface area (Å²) >= 11 is 0. The number of nitrogens with two attached hydrogens (primary N) is 1. The lowest BCUT2D eigenvalue weighted by Gasteiger charge is -2.16. The Morgan fingerprint density at radius 3 is 2.75 bits per heavy atom. The Morgan fingerprint density at radius 2 is 2.12 bits per heavy atom. The monoisotopic (exact) mass is 335 g/mol. The number of nitrogen functional groups attached to an aromatic ring is 1. The zero-order valence-corrected chi connectivity index (χ0v) is 13.3. The van der Waals surface area contributed by atoms with E-state index < -0.39 is 31.1 Å². The molecule has 0 aliphatic carbocycles.